The number of esters is 3. The van der Waals surface area contributed by atoms with E-state index in [1.165, 1.54) is 51.4 Å². The van der Waals surface area contributed by atoms with Crippen molar-refractivity contribution in [2.45, 2.75) is 271 Å². The minimum atomic E-state index is -0.822. The third-order valence-electron chi connectivity index (χ3n) is 13.4. The number of allylic oxidation sites excluding steroid dienone is 30. The average Bonchev–Trinajstić information content (AvgIpc) is 3.49. The van der Waals surface area contributed by atoms with Gasteiger partial charge in [-0.15, -0.1) is 0 Å². The highest BCUT2D eigenvalue weighted by Gasteiger charge is 2.19. The van der Waals surface area contributed by atoms with E-state index in [1.54, 1.807) is 0 Å². The highest BCUT2D eigenvalue weighted by Crippen LogP contribution is 2.13. The summed E-state index contributed by atoms with van der Waals surface area (Å²) in [6.45, 7) is 6.33. The molecule has 0 aromatic carbocycles. The maximum atomic E-state index is 12.9. The zero-order valence-corrected chi connectivity index (χ0v) is 53.1. The second-order valence-electron chi connectivity index (χ2n) is 21.3. The maximum Gasteiger partial charge on any atom is 0.306 e. The van der Waals surface area contributed by atoms with Gasteiger partial charge in [-0.2, -0.15) is 0 Å². The smallest absolute Gasteiger partial charge is 0.306 e. The Labute approximate surface area is 510 Å². The molecule has 83 heavy (non-hydrogen) atoms. The molecule has 0 fully saturated rings. The molecule has 0 aliphatic heterocycles. The third-order valence-corrected chi connectivity index (χ3v) is 13.4. The highest BCUT2D eigenvalue weighted by atomic mass is 16.6. The summed E-state index contributed by atoms with van der Waals surface area (Å²) in [6.07, 6.45) is 103. The summed E-state index contributed by atoms with van der Waals surface area (Å²) in [5.74, 6) is -0.986. The second-order valence-corrected chi connectivity index (χ2v) is 21.3. The molecule has 0 saturated carbocycles. The van der Waals surface area contributed by atoms with Gasteiger partial charge in [0.1, 0.15) is 13.2 Å². The van der Waals surface area contributed by atoms with Gasteiger partial charge in [0.15, 0.2) is 6.10 Å². The number of ether oxygens (including phenoxy) is 3. The summed E-state index contributed by atoms with van der Waals surface area (Å²) in [4.78, 5) is 38.3. The van der Waals surface area contributed by atoms with E-state index in [0.717, 1.165) is 167 Å². The van der Waals surface area contributed by atoms with Gasteiger partial charge in [0.25, 0.3) is 0 Å². The third kappa shape index (κ3) is 67.2. The molecular weight excluding hydrogens is 1020 g/mol. The molecule has 6 heteroatoms. The lowest BCUT2D eigenvalue weighted by Gasteiger charge is -2.18. The molecule has 6 nitrogen and oxygen atoms in total. The van der Waals surface area contributed by atoms with Gasteiger partial charge in [0.2, 0.25) is 0 Å². The molecule has 0 radical (unpaired) electrons. The van der Waals surface area contributed by atoms with Crippen LogP contribution in [0, 0.1) is 0 Å². The van der Waals surface area contributed by atoms with Crippen LogP contribution in [0.15, 0.2) is 182 Å². The van der Waals surface area contributed by atoms with Crippen LogP contribution in [0.2, 0.25) is 0 Å². The molecule has 0 aromatic heterocycles. The fourth-order valence-electron chi connectivity index (χ4n) is 8.46. The highest BCUT2D eigenvalue weighted by molar-refractivity contribution is 5.71. The molecule has 1 unspecified atom stereocenters. The van der Waals surface area contributed by atoms with Crippen LogP contribution in [0.3, 0.4) is 0 Å². The first-order valence-corrected chi connectivity index (χ1v) is 33.3. The number of unbranched alkanes of at least 4 members (excludes halogenated alkanes) is 17. The van der Waals surface area contributed by atoms with Crippen LogP contribution in [0.4, 0.5) is 0 Å². The van der Waals surface area contributed by atoms with Gasteiger partial charge < -0.3 is 14.2 Å². The van der Waals surface area contributed by atoms with Crippen molar-refractivity contribution in [1.29, 1.82) is 0 Å². The second kappa shape index (κ2) is 69.0. The van der Waals surface area contributed by atoms with Crippen LogP contribution in [0.25, 0.3) is 0 Å². The Balaban J connectivity index is 4.45. The van der Waals surface area contributed by atoms with Crippen molar-refractivity contribution in [3.05, 3.63) is 182 Å². The molecule has 464 valence electrons. The van der Waals surface area contributed by atoms with Gasteiger partial charge in [-0.3, -0.25) is 14.4 Å². The van der Waals surface area contributed by atoms with Crippen LogP contribution in [-0.2, 0) is 28.6 Å². The van der Waals surface area contributed by atoms with E-state index in [0.29, 0.717) is 19.3 Å². The first-order chi connectivity index (χ1) is 41.0. The van der Waals surface area contributed by atoms with Gasteiger partial charge in [-0.25, -0.2) is 0 Å². The van der Waals surface area contributed by atoms with Crippen molar-refractivity contribution in [3.63, 3.8) is 0 Å². The van der Waals surface area contributed by atoms with Crippen molar-refractivity contribution >= 4 is 17.9 Å². The van der Waals surface area contributed by atoms with Crippen LogP contribution in [0.1, 0.15) is 265 Å². The van der Waals surface area contributed by atoms with E-state index in [9.17, 15) is 14.4 Å². The number of carbonyl (C=O) groups is 3. The minimum Gasteiger partial charge on any atom is -0.462 e. The first-order valence-electron chi connectivity index (χ1n) is 33.3. The zero-order chi connectivity index (χ0) is 59.9. The maximum absolute atomic E-state index is 12.9. The van der Waals surface area contributed by atoms with Gasteiger partial charge in [-0.05, 0) is 161 Å². The van der Waals surface area contributed by atoms with Crippen molar-refractivity contribution in [1.82, 2.24) is 0 Å². The lowest BCUT2D eigenvalue weighted by atomic mass is 10.1. The van der Waals surface area contributed by atoms with E-state index in [4.69, 9.17) is 14.2 Å². The minimum absolute atomic E-state index is 0.113. The molecule has 0 spiro atoms. The molecule has 0 N–H and O–H groups in total. The Morgan fingerprint density at radius 1 is 0.253 bits per heavy atom. The largest absolute Gasteiger partial charge is 0.462 e. The van der Waals surface area contributed by atoms with Crippen molar-refractivity contribution in [2.24, 2.45) is 0 Å². The molecule has 0 rings (SSSR count). The summed E-state index contributed by atoms with van der Waals surface area (Å²) in [5, 5.41) is 0. The molecule has 0 aliphatic carbocycles. The Morgan fingerprint density at radius 3 is 0.771 bits per heavy atom. The summed E-state index contributed by atoms with van der Waals surface area (Å²) in [6, 6.07) is 0. The lowest BCUT2D eigenvalue weighted by Crippen LogP contribution is -2.30. The molecule has 0 saturated heterocycles. The van der Waals surface area contributed by atoms with E-state index in [2.05, 4.69) is 203 Å². The monoisotopic (exact) mass is 1140 g/mol. The molecule has 0 amide bonds. The summed E-state index contributed by atoms with van der Waals surface area (Å²) in [5.41, 5.74) is 0. The van der Waals surface area contributed by atoms with Gasteiger partial charge in [0.05, 0.1) is 0 Å². The van der Waals surface area contributed by atoms with E-state index in [1.807, 2.05) is 0 Å². The molecule has 0 aliphatic rings. The van der Waals surface area contributed by atoms with Gasteiger partial charge in [0, 0.05) is 19.3 Å². The van der Waals surface area contributed by atoms with Crippen LogP contribution >= 0.6 is 0 Å². The quantitative estimate of drug-likeness (QED) is 0.0261. The number of hydrogen-bond donors (Lipinski definition) is 0. The van der Waals surface area contributed by atoms with E-state index >= 15 is 0 Å². The van der Waals surface area contributed by atoms with Crippen molar-refractivity contribution < 1.29 is 28.6 Å². The molecule has 1 atom stereocenters. The first kappa shape index (κ1) is 77.5. The number of rotatable bonds is 58. The Bertz CT molecular complexity index is 1940. The summed E-state index contributed by atoms with van der Waals surface area (Å²) < 4.78 is 16.9. The van der Waals surface area contributed by atoms with Crippen molar-refractivity contribution in [2.75, 3.05) is 13.2 Å². The summed E-state index contributed by atoms with van der Waals surface area (Å²) >= 11 is 0. The number of hydrogen-bond acceptors (Lipinski definition) is 6. The van der Waals surface area contributed by atoms with Crippen LogP contribution in [0.5, 0.6) is 0 Å². The van der Waals surface area contributed by atoms with E-state index < -0.39 is 6.10 Å². The molecule has 0 heterocycles. The van der Waals surface area contributed by atoms with Crippen molar-refractivity contribution in [3.8, 4) is 0 Å². The zero-order valence-electron chi connectivity index (χ0n) is 53.1. The van der Waals surface area contributed by atoms with E-state index in [-0.39, 0.29) is 37.5 Å². The normalized spacial score (nSPS) is 13.3. The van der Waals surface area contributed by atoms with Gasteiger partial charge >= 0.3 is 17.9 Å². The fraction of sp³-hybridized carbons (Fsp3) is 0.571. The average molecular weight is 1140 g/mol. The lowest BCUT2D eigenvalue weighted by molar-refractivity contribution is -0.167. The standard InChI is InChI=1S/C77H120O6/c1-4-7-10-13-16-19-22-25-27-29-31-33-34-35-36-37-38-39-40-41-42-44-45-47-49-52-55-58-61-64-67-70-76(79)82-73-74(72-81-75(78)69-66-63-60-57-54-51-24-21-18-15-12-9-6-3)83-77(80)71-68-65-62-59-56-53-50-48-46-43-32-30-28-26-23-20-17-14-11-8-5-2/h7-8,10-11,16-17,19-21,24-28,31-33,35-36,38-39,41-43,45,47-48,50,56,59,74H,4-6,9,12-15,18,22-23,29-30,34,37,40,44,46,49,51-55,57-58,60-73H2,1-3H3/b10-7-,11-8-,19-16-,20-17-,24-21-,27-25-,28-26-,33-31-,36-35-,39-38-,42-41-,43-32-,47-45-,50-48-,59-56-. The number of carbonyl (C=O) groups excluding carboxylic acids is 3. The van der Waals surface area contributed by atoms with Crippen LogP contribution in [-0.4, -0.2) is 37.2 Å². The van der Waals surface area contributed by atoms with Gasteiger partial charge in [-0.1, -0.05) is 267 Å². The molecule has 0 bridgehead atoms. The Morgan fingerprint density at radius 2 is 0.470 bits per heavy atom. The SMILES string of the molecule is CC/C=C\C/C=C\C/C=C\C/C=C\C/C=C\C/C=C\C/C=C\C/C=C\CCCCCCCCC(=O)OCC(COC(=O)CCCCCCC/C=C\CCCCCC)OC(=O)CCCC/C=C\C/C=C\C/C=C\C/C=C\C/C=C\C/C=C\CC. The predicted molar refractivity (Wildman–Crippen MR) is 361 cm³/mol. The Kier molecular flexibility index (Phi) is 64.4. The summed E-state index contributed by atoms with van der Waals surface area (Å²) in [7, 11) is 0. The predicted octanol–water partition coefficient (Wildman–Crippen LogP) is 23.2. The Hall–Kier alpha value is -5.49. The topological polar surface area (TPSA) is 78.9 Å². The molecular formula is C77H120O6. The molecule has 0 aromatic rings. The van der Waals surface area contributed by atoms with Crippen LogP contribution < -0.4 is 0 Å². The fourth-order valence-corrected chi connectivity index (χ4v) is 8.46.